The summed E-state index contributed by atoms with van der Waals surface area (Å²) < 4.78 is 5.67. The molecular weight excluding hydrogens is 312 g/mol. The molecule has 0 radical (unpaired) electrons. The van der Waals surface area contributed by atoms with Crippen molar-refractivity contribution >= 4 is 23.1 Å². The zero-order valence-electron chi connectivity index (χ0n) is 14.7. The molecule has 0 unspecified atom stereocenters. The average Bonchev–Trinajstić information content (AvgIpc) is 2.63. The number of benzene rings is 2. The smallest absolute Gasteiger partial charge is 0.231 e. The minimum Gasteiger partial charge on any atom is -0.492 e. The zero-order chi connectivity index (χ0) is 17.6. The minimum absolute atomic E-state index is 0.615. The summed E-state index contributed by atoms with van der Waals surface area (Å²) in [6, 6.07) is 19.8. The summed E-state index contributed by atoms with van der Waals surface area (Å²) in [5.41, 5.74) is 2.81. The molecule has 0 atom stereocenters. The van der Waals surface area contributed by atoms with E-state index < -0.39 is 0 Å². The molecule has 128 valence electrons. The summed E-state index contributed by atoms with van der Waals surface area (Å²) >= 11 is 0. The summed E-state index contributed by atoms with van der Waals surface area (Å²) in [7, 11) is 1.96. The van der Waals surface area contributed by atoms with Crippen LogP contribution in [0.25, 0.3) is 0 Å². The number of anilines is 4. The van der Waals surface area contributed by atoms with Crippen molar-refractivity contribution in [2.45, 2.75) is 13.8 Å². The quantitative estimate of drug-likeness (QED) is 0.708. The first-order chi connectivity index (χ1) is 12.2. The van der Waals surface area contributed by atoms with Crippen LogP contribution in [0.4, 0.5) is 23.1 Å². The summed E-state index contributed by atoms with van der Waals surface area (Å²) in [4.78, 5) is 11.2. The van der Waals surface area contributed by atoms with Crippen LogP contribution in [0.2, 0.25) is 0 Å². The number of rotatable bonds is 6. The lowest BCUT2D eigenvalue weighted by atomic mass is 10.3. The molecule has 25 heavy (non-hydrogen) atoms. The van der Waals surface area contributed by atoms with Gasteiger partial charge in [-0.15, -0.1) is 0 Å². The van der Waals surface area contributed by atoms with E-state index in [1.54, 1.807) is 0 Å². The summed E-state index contributed by atoms with van der Waals surface area (Å²) in [5, 5.41) is 3.34. The lowest BCUT2D eigenvalue weighted by Crippen LogP contribution is -2.14. The van der Waals surface area contributed by atoms with Crippen LogP contribution >= 0.6 is 0 Å². The third-order valence-electron chi connectivity index (χ3n) is 3.74. The molecule has 0 aliphatic carbocycles. The Kier molecular flexibility index (Phi) is 5.14. The van der Waals surface area contributed by atoms with Gasteiger partial charge in [-0.2, -0.15) is 4.98 Å². The molecule has 2 aromatic carbocycles. The van der Waals surface area contributed by atoms with Crippen molar-refractivity contribution in [1.29, 1.82) is 0 Å². The first-order valence-electron chi connectivity index (χ1n) is 8.30. The SMILES string of the molecule is CCOc1ccccc1Nc1cc(C)nc(N(C)c2ccccc2)n1. The highest BCUT2D eigenvalue weighted by Gasteiger charge is 2.10. The van der Waals surface area contributed by atoms with E-state index in [1.165, 1.54) is 0 Å². The molecule has 0 aliphatic rings. The third-order valence-corrected chi connectivity index (χ3v) is 3.74. The Hall–Kier alpha value is -3.08. The Morgan fingerprint density at radius 1 is 1.00 bits per heavy atom. The van der Waals surface area contributed by atoms with E-state index in [0.717, 1.165) is 28.6 Å². The van der Waals surface area contributed by atoms with Gasteiger partial charge in [-0.05, 0) is 38.1 Å². The summed E-state index contributed by atoms with van der Waals surface area (Å²) in [6.45, 7) is 4.55. The average molecular weight is 334 g/mol. The molecular formula is C20H22N4O. The van der Waals surface area contributed by atoms with E-state index >= 15 is 0 Å². The van der Waals surface area contributed by atoms with Gasteiger partial charge in [0.15, 0.2) is 0 Å². The maximum atomic E-state index is 5.67. The summed E-state index contributed by atoms with van der Waals surface area (Å²) in [6.07, 6.45) is 0. The van der Waals surface area contributed by atoms with Gasteiger partial charge in [0.2, 0.25) is 5.95 Å². The zero-order valence-corrected chi connectivity index (χ0v) is 14.7. The molecule has 1 N–H and O–H groups in total. The van der Waals surface area contributed by atoms with E-state index in [9.17, 15) is 0 Å². The van der Waals surface area contributed by atoms with Gasteiger partial charge in [0.1, 0.15) is 11.6 Å². The molecule has 0 spiro atoms. The maximum Gasteiger partial charge on any atom is 0.231 e. The van der Waals surface area contributed by atoms with Crippen molar-refractivity contribution in [2.24, 2.45) is 0 Å². The van der Waals surface area contributed by atoms with Crippen molar-refractivity contribution in [3.05, 3.63) is 66.4 Å². The summed E-state index contributed by atoms with van der Waals surface area (Å²) in [5.74, 6) is 2.18. The first-order valence-corrected chi connectivity index (χ1v) is 8.30. The number of aryl methyl sites for hydroxylation is 1. The Balaban J connectivity index is 1.90. The van der Waals surface area contributed by atoms with Crippen LogP contribution in [0.3, 0.4) is 0 Å². The van der Waals surface area contributed by atoms with Gasteiger partial charge >= 0.3 is 0 Å². The van der Waals surface area contributed by atoms with E-state index in [1.807, 2.05) is 86.5 Å². The molecule has 0 saturated heterocycles. The van der Waals surface area contributed by atoms with Gasteiger partial charge in [0, 0.05) is 24.5 Å². The largest absolute Gasteiger partial charge is 0.492 e. The van der Waals surface area contributed by atoms with Gasteiger partial charge in [-0.25, -0.2) is 4.98 Å². The topological polar surface area (TPSA) is 50.3 Å². The van der Waals surface area contributed by atoms with E-state index in [2.05, 4.69) is 15.3 Å². The van der Waals surface area contributed by atoms with Crippen molar-refractivity contribution in [3.8, 4) is 5.75 Å². The number of nitrogens with zero attached hydrogens (tertiary/aromatic N) is 3. The van der Waals surface area contributed by atoms with Crippen molar-refractivity contribution < 1.29 is 4.74 Å². The van der Waals surface area contributed by atoms with Crippen LogP contribution in [0.15, 0.2) is 60.7 Å². The number of aromatic nitrogens is 2. The standard InChI is InChI=1S/C20H22N4O/c1-4-25-18-13-9-8-12-17(18)22-19-14-15(2)21-20(23-19)24(3)16-10-6-5-7-11-16/h5-14H,4H2,1-3H3,(H,21,22,23). The lowest BCUT2D eigenvalue weighted by Gasteiger charge is -2.19. The van der Waals surface area contributed by atoms with Crippen LogP contribution < -0.4 is 15.0 Å². The lowest BCUT2D eigenvalue weighted by molar-refractivity contribution is 0.342. The number of hydrogen-bond donors (Lipinski definition) is 1. The molecule has 5 nitrogen and oxygen atoms in total. The van der Waals surface area contributed by atoms with Gasteiger partial charge < -0.3 is 15.0 Å². The third kappa shape index (κ3) is 4.07. The Labute approximate surface area is 148 Å². The van der Waals surface area contributed by atoms with Gasteiger partial charge in [-0.3, -0.25) is 0 Å². The van der Waals surface area contributed by atoms with Crippen LogP contribution in [-0.4, -0.2) is 23.6 Å². The van der Waals surface area contributed by atoms with Crippen molar-refractivity contribution in [2.75, 3.05) is 23.9 Å². The number of nitrogens with one attached hydrogen (secondary N) is 1. The van der Waals surface area contributed by atoms with Gasteiger partial charge in [-0.1, -0.05) is 30.3 Å². The van der Waals surface area contributed by atoms with Crippen LogP contribution in [0, 0.1) is 6.92 Å². The molecule has 0 bridgehead atoms. The van der Waals surface area contributed by atoms with Gasteiger partial charge in [0.25, 0.3) is 0 Å². The predicted molar refractivity (Wildman–Crippen MR) is 102 cm³/mol. The van der Waals surface area contributed by atoms with E-state index in [-0.39, 0.29) is 0 Å². The fourth-order valence-electron chi connectivity index (χ4n) is 2.52. The van der Waals surface area contributed by atoms with Crippen LogP contribution in [-0.2, 0) is 0 Å². The fourth-order valence-corrected chi connectivity index (χ4v) is 2.52. The highest BCUT2D eigenvalue weighted by Crippen LogP contribution is 2.28. The van der Waals surface area contributed by atoms with Crippen LogP contribution in [0.1, 0.15) is 12.6 Å². The second kappa shape index (κ2) is 7.66. The molecule has 0 fully saturated rings. The second-order valence-corrected chi connectivity index (χ2v) is 5.64. The molecule has 5 heteroatoms. The second-order valence-electron chi connectivity index (χ2n) is 5.64. The highest BCUT2D eigenvalue weighted by molar-refractivity contribution is 5.66. The van der Waals surface area contributed by atoms with Crippen LogP contribution in [0.5, 0.6) is 5.75 Å². The Morgan fingerprint density at radius 3 is 2.48 bits per heavy atom. The van der Waals surface area contributed by atoms with Crippen molar-refractivity contribution in [3.63, 3.8) is 0 Å². The predicted octanol–water partition coefficient (Wildman–Crippen LogP) is 4.70. The maximum absolute atomic E-state index is 5.67. The van der Waals surface area contributed by atoms with Crippen molar-refractivity contribution in [1.82, 2.24) is 9.97 Å². The Morgan fingerprint density at radius 2 is 1.72 bits per heavy atom. The van der Waals surface area contributed by atoms with Gasteiger partial charge in [0.05, 0.1) is 12.3 Å². The molecule has 0 amide bonds. The molecule has 0 saturated carbocycles. The molecule has 3 rings (SSSR count). The molecule has 1 heterocycles. The monoisotopic (exact) mass is 334 g/mol. The number of para-hydroxylation sites is 3. The molecule has 1 aromatic heterocycles. The normalized spacial score (nSPS) is 10.4. The molecule has 3 aromatic rings. The van der Waals surface area contributed by atoms with E-state index in [4.69, 9.17) is 4.74 Å². The number of ether oxygens (including phenoxy) is 1. The fraction of sp³-hybridized carbons (Fsp3) is 0.200. The van der Waals surface area contributed by atoms with E-state index in [0.29, 0.717) is 12.6 Å². The number of hydrogen-bond acceptors (Lipinski definition) is 5. The first kappa shape index (κ1) is 16.8. The molecule has 0 aliphatic heterocycles. The highest BCUT2D eigenvalue weighted by atomic mass is 16.5. The minimum atomic E-state index is 0.615. The Bertz CT molecular complexity index is 836.